The molecule has 6 atom stereocenters. The fraction of sp³-hybridized carbons (Fsp3) is 0.294. The first-order valence-electron chi connectivity index (χ1n) is 15.1. The smallest absolute Gasteiger partial charge is 0.508 e. The molecule has 4 amide bonds. The summed E-state index contributed by atoms with van der Waals surface area (Å²) < 4.78 is 43.8. The van der Waals surface area contributed by atoms with Gasteiger partial charge in [0.15, 0.2) is 9.75 Å². The van der Waals surface area contributed by atoms with E-state index in [1.807, 2.05) is 30.3 Å². The molecule has 49 heavy (non-hydrogen) atoms. The molecule has 9 nitrogen and oxygen atoms in total. The highest BCUT2D eigenvalue weighted by molar-refractivity contribution is 9.09. The maximum Gasteiger partial charge on any atom is 0.573 e. The van der Waals surface area contributed by atoms with Crippen LogP contribution in [-0.2, 0) is 19.2 Å². The van der Waals surface area contributed by atoms with Crippen molar-refractivity contribution in [3.8, 4) is 11.5 Å². The summed E-state index contributed by atoms with van der Waals surface area (Å²) in [7, 11) is 0. The number of benzene rings is 3. The molecule has 254 valence electrons. The number of alkyl halides is 6. The topological polar surface area (TPSA) is 116 Å². The molecule has 0 spiro atoms. The summed E-state index contributed by atoms with van der Waals surface area (Å²) in [6.45, 7) is 0. The number of para-hydroxylation sites is 1. The summed E-state index contributed by atoms with van der Waals surface area (Å²) in [6, 6.07) is 18.8. The zero-order valence-electron chi connectivity index (χ0n) is 25.1. The largest absolute Gasteiger partial charge is 0.573 e. The molecule has 15 heteroatoms. The van der Waals surface area contributed by atoms with Gasteiger partial charge in [0.2, 0.25) is 11.8 Å². The normalized spacial score (nSPS) is 29.4. The number of allylic oxidation sites excluding steroid dienone is 2. The SMILES string of the molecule is O=C1[C@H]2[C@H](CC=C3[C@H]2C[C@@]2(Cl)C(=O)N(CBr)C(=O)[C@@]2(Cl)[C@H]3c2cc(OC(F)(F)F)ccc2O)C(=O)N1c1ccc(Nc2ccccc2)cc1. The summed E-state index contributed by atoms with van der Waals surface area (Å²) in [6.07, 6.45) is -3.78. The Hall–Kier alpha value is -4.07. The minimum Gasteiger partial charge on any atom is -0.508 e. The van der Waals surface area contributed by atoms with E-state index in [4.69, 9.17) is 23.2 Å². The number of ether oxygens (including phenoxy) is 1. The van der Waals surface area contributed by atoms with Crippen molar-refractivity contribution in [2.24, 2.45) is 17.8 Å². The van der Waals surface area contributed by atoms with Crippen molar-refractivity contribution in [1.29, 1.82) is 0 Å². The van der Waals surface area contributed by atoms with Crippen LogP contribution in [0.25, 0.3) is 0 Å². The predicted octanol–water partition coefficient (Wildman–Crippen LogP) is 6.95. The number of rotatable bonds is 6. The Balaban J connectivity index is 1.30. The first-order chi connectivity index (χ1) is 23.2. The first-order valence-corrected chi connectivity index (χ1v) is 17.0. The molecule has 2 aliphatic carbocycles. The minimum atomic E-state index is -5.09. The maximum atomic E-state index is 14.3. The molecule has 0 unspecified atom stereocenters. The Morgan fingerprint density at radius 3 is 2.24 bits per heavy atom. The molecular formula is C34H25BrCl2F3N3O6. The zero-order chi connectivity index (χ0) is 35.0. The number of nitrogens with one attached hydrogen (secondary N) is 1. The van der Waals surface area contributed by atoms with E-state index in [9.17, 15) is 37.5 Å². The highest BCUT2D eigenvalue weighted by Gasteiger charge is 2.76. The Morgan fingerprint density at radius 1 is 0.918 bits per heavy atom. The van der Waals surface area contributed by atoms with Crippen molar-refractivity contribution in [3.63, 3.8) is 0 Å². The lowest BCUT2D eigenvalue weighted by atomic mass is 9.56. The molecule has 2 heterocycles. The van der Waals surface area contributed by atoms with E-state index in [0.29, 0.717) is 16.9 Å². The number of hydrogen-bond donors (Lipinski definition) is 2. The number of amides is 4. The van der Waals surface area contributed by atoms with E-state index in [-0.39, 0.29) is 23.9 Å². The van der Waals surface area contributed by atoms with Gasteiger partial charge in [-0.2, -0.15) is 0 Å². The molecule has 0 aromatic heterocycles. The van der Waals surface area contributed by atoms with Crippen LogP contribution in [0.2, 0.25) is 0 Å². The Labute approximate surface area is 295 Å². The first kappa shape index (κ1) is 33.4. The summed E-state index contributed by atoms with van der Waals surface area (Å²) >= 11 is 17.4. The number of carbonyl (C=O) groups excluding carboxylic acids is 4. The van der Waals surface area contributed by atoms with Gasteiger partial charge >= 0.3 is 6.36 Å². The van der Waals surface area contributed by atoms with Gasteiger partial charge in [0.25, 0.3) is 11.8 Å². The minimum absolute atomic E-state index is 0.0216. The average molecular weight is 779 g/mol. The van der Waals surface area contributed by atoms with Gasteiger partial charge in [-0.15, -0.1) is 36.4 Å². The van der Waals surface area contributed by atoms with Crippen molar-refractivity contribution in [1.82, 2.24) is 4.90 Å². The molecular weight excluding hydrogens is 754 g/mol. The number of imide groups is 2. The van der Waals surface area contributed by atoms with Crippen LogP contribution < -0.4 is 15.0 Å². The van der Waals surface area contributed by atoms with Gasteiger partial charge in [-0.05, 0) is 73.4 Å². The van der Waals surface area contributed by atoms with Gasteiger partial charge in [0.1, 0.15) is 11.5 Å². The molecule has 2 aliphatic heterocycles. The number of fused-ring (bicyclic) bond motifs is 4. The van der Waals surface area contributed by atoms with E-state index >= 15 is 0 Å². The number of phenols is 1. The number of phenolic OH excluding ortho intramolecular Hbond substituents is 1. The van der Waals surface area contributed by atoms with Gasteiger partial charge < -0.3 is 15.2 Å². The lowest BCUT2D eigenvalue weighted by Gasteiger charge is -2.50. The lowest BCUT2D eigenvalue weighted by molar-refractivity contribution is -0.274. The second kappa shape index (κ2) is 11.8. The number of nitrogens with zero attached hydrogens (tertiary/aromatic N) is 2. The molecule has 3 aromatic carbocycles. The number of aromatic hydroxyl groups is 1. The van der Waals surface area contributed by atoms with Gasteiger partial charge in [-0.25, -0.2) is 0 Å². The maximum absolute atomic E-state index is 14.3. The Kier molecular flexibility index (Phi) is 8.03. The van der Waals surface area contributed by atoms with Crippen LogP contribution in [0.1, 0.15) is 24.3 Å². The molecule has 7 rings (SSSR count). The van der Waals surface area contributed by atoms with E-state index < -0.39 is 74.9 Å². The molecule has 0 bridgehead atoms. The third kappa shape index (κ3) is 5.11. The van der Waals surface area contributed by atoms with Crippen LogP contribution in [-0.4, -0.2) is 55.2 Å². The number of carbonyl (C=O) groups is 4. The standard InChI is InChI=1S/C34H25BrCl2F3N3O6/c35-16-42-30(47)32(36)15-24-21(27(33(32,37)31(42)48)23-14-20(10-13-25(23)44)49-34(38,39)40)11-12-22-26(24)29(46)43(28(22)45)19-8-6-18(7-9-19)41-17-4-2-1-3-5-17/h1-11,13-14,22,24,26-27,41,44H,12,15-16H2/t22-,24+,26-,27+,32+,33-/m0/s1. The van der Waals surface area contributed by atoms with E-state index in [1.165, 1.54) is 0 Å². The number of likely N-dealkylation sites (tertiary alicyclic amines) is 1. The van der Waals surface area contributed by atoms with Crippen LogP contribution in [0.3, 0.4) is 0 Å². The monoisotopic (exact) mass is 777 g/mol. The highest BCUT2D eigenvalue weighted by Crippen LogP contribution is 2.66. The molecule has 3 aromatic rings. The van der Waals surface area contributed by atoms with Crippen LogP contribution >= 0.6 is 39.1 Å². The second-order valence-corrected chi connectivity index (χ2v) is 14.0. The third-order valence-electron chi connectivity index (χ3n) is 9.75. The number of hydrogen-bond acceptors (Lipinski definition) is 7. The molecule has 3 fully saturated rings. The van der Waals surface area contributed by atoms with E-state index in [1.54, 1.807) is 30.3 Å². The van der Waals surface area contributed by atoms with Gasteiger partial charge in [-0.3, -0.25) is 29.0 Å². The fourth-order valence-corrected chi connectivity index (χ4v) is 9.11. The highest BCUT2D eigenvalue weighted by atomic mass is 79.9. The predicted molar refractivity (Wildman–Crippen MR) is 177 cm³/mol. The van der Waals surface area contributed by atoms with Crippen molar-refractivity contribution in [2.45, 2.75) is 34.9 Å². The number of halogens is 6. The molecule has 2 saturated heterocycles. The summed E-state index contributed by atoms with van der Waals surface area (Å²) in [5.74, 6) is -8.45. The fourth-order valence-electron chi connectivity index (χ4n) is 7.70. The van der Waals surface area contributed by atoms with Crippen LogP contribution in [0.4, 0.5) is 30.2 Å². The van der Waals surface area contributed by atoms with Crippen LogP contribution in [0, 0.1) is 17.8 Å². The van der Waals surface area contributed by atoms with E-state index in [2.05, 4.69) is 26.0 Å². The third-order valence-corrected chi connectivity index (χ3v) is 11.7. The lowest BCUT2D eigenvalue weighted by Crippen LogP contribution is -2.60. The zero-order valence-corrected chi connectivity index (χ0v) is 28.2. The quantitative estimate of drug-likeness (QED) is 0.121. The van der Waals surface area contributed by atoms with Gasteiger partial charge in [0, 0.05) is 22.9 Å². The van der Waals surface area contributed by atoms with Crippen LogP contribution in [0.15, 0.2) is 84.4 Å². The van der Waals surface area contributed by atoms with Crippen molar-refractivity contribution in [3.05, 3.63) is 90.0 Å². The Morgan fingerprint density at radius 2 is 1.59 bits per heavy atom. The van der Waals surface area contributed by atoms with Crippen molar-refractivity contribution < 1.29 is 42.2 Å². The molecule has 0 radical (unpaired) electrons. The van der Waals surface area contributed by atoms with Crippen molar-refractivity contribution in [2.75, 3.05) is 15.7 Å². The number of anilines is 3. The van der Waals surface area contributed by atoms with Crippen LogP contribution in [0.5, 0.6) is 11.5 Å². The van der Waals surface area contributed by atoms with Crippen molar-refractivity contribution >= 4 is 79.8 Å². The molecule has 2 N–H and O–H groups in total. The molecule has 4 aliphatic rings. The summed E-state index contributed by atoms with van der Waals surface area (Å²) in [4.78, 5) is 53.2. The van der Waals surface area contributed by atoms with Gasteiger partial charge in [0.05, 0.1) is 23.0 Å². The van der Waals surface area contributed by atoms with E-state index in [0.717, 1.165) is 33.7 Å². The summed E-state index contributed by atoms with van der Waals surface area (Å²) in [5.41, 5.74) is 1.62. The summed E-state index contributed by atoms with van der Waals surface area (Å²) in [5, 5.41) is 14.3. The molecule has 1 saturated carbocycles. The van der Waals surface area contributed by atoms with Gasteiger partial charge in [-0.1, -0.05) is 45.8 Å². The Bertz CT molecular complexity index is 1930. The average Bonchev–Trinajstić information content (AvgIpc) is 3.40. The second-order valence-electron chi connectivity index (χ2n) is 12.3.